The molecule has 1 heterocycles. The van der Waals surface area contributed by atoms with Crippen molar-refractivity contribution in [3.63, 3.8) is 0 Å². The molecule has 1 saturated heterocycles. The molecule has 3 heteroatoms. The molecule has 2 unspecified atom stereocenters. The van der Waals surface area contributed by atoms with Crippen LogP contribution in [0.1, 0.15) is 19.8 Å². The number of ether oxygens (including phenoxy) is 2. The molecule has 0 amide bonds. The predicted octanol–water partition coefficient (Wildman–Crippen LogP) is 0.790. The first-order chi connectivity index (χ1) is 5.70. The molecule has 1 aliphatic rings. The first-order valence-electron chi connectivity index (χ1n) is 4.50. The lowest BCUT2D eigenvalue weighted by atomic mass is 9.93. The van der Waals surface area contributed by atoms with Crippen LogP contribution in [-0.2, 0) is 9.47 Å². The van der Waals surface area contributed by atoms with Crippen molar-refractivity contribution in [1.82, 2.24) is 5.32 Å². The smallest absolute Gasteiger partial charge is 0.0901 e. The van der Waals surface area contributed by atoms with E-state index in [1.165, 1.54) is 0 Å². The van der Waals surface area contributed by atoms with Gasteiger partial charge in [0, 0.05) is 19.8 Å². The summed E-state index contributed by atoms with van der Waals surface area (Å²) >= 11 is 0. The van der Waals surface area contributed by atoms with E-state index < -0.39 is 0 Å². The Morgan fingerprint density at radius 3 is 3.00 bits per heavy atom. The van der Waals surface area contributed by atoms with Crippen molar-refractivity contribution >= 4 is 0 Å². The van der Waals surface area contributed by atoms with Crippen molar-refractivity contribution in [2.45, 2.75) is 31.4 Å². The number of methoxy groups -OCH3 is 1. The van der Waals surface area contributed by atoms with Crippen LogP contribution in [0.4, 0.5) is 0 Å². The molecule has 0 radical (unpaired) electrons. The summed E-state index contributed by atoms with van der Waals surface area (Å²) < 4.78 is 10.8. The van der Waals surface area contributed by atoms with Gasteiger partial charge >= 0.3 is 0 Å². The molecule has 72 valence electrons. The van der Waals surface area contributed by atoms with Crippen LogP contribution >= 0.6 is 0 Å². The molecule has 0 aromatic rings. The van der Waals surface area contributed by atoms with Crippen molar-refractivity contribution in [1.29, 1.82) is 0 Å². The van der Waals surface area contributed by atoms with Crippen molar-refractivity contribution in [3.8, 4) is 0 Å². The quantitative estimate of drug-likeness (QED) is 0.684. The van der Waals surface area contributed by atoms with E-state index in [1.54, 1.807) is 7.11 Å². The van der Waals surface area contributed by atoms with Gasteiger partial charge in [0.15, 0.2) is 0 Å². The second-order valence-corrected chi connectivity index (χ2v) is 3.71. The zero-order valence-corrected chi connectivity index (χ0v) is 8.22. The van der Waals surface area contributed by atoms with Crippen LogP contribution in [-0.4, -0.2) is 39.0 Å². The van der Waals surface area contributed by atoms with Gasteiger partial charge in [-0.2, -0.15) is 0 Å². The third kappa shape index (κ3) is 2.44. The highest BCUT2D eigenvalue weighted by molar-refractivity contribution is 4.85. The maximum absolute atomic E-state index is 5.67. The largest absolute Gasteiger partial charge is 0.382 e. The van der Waals surface area contributed by atoms with E-state index >= 15 is 0 Å². The van der Waals surface area contributed by atoms with E-state index in [2.05, 4.69) is 12.2 Å². The third-order valence-electron chi connectivity index (χ3n) is 2.45. The maximum Gasteiger partial charge on any atom is 0.0901 e. The van der Waals surface area contributed by atoms with Gasteiger partial charge in [0.05, 0.1) is 12.2 Å². The Labute approximate surface area is 74.4 Å². The molecular formula is C9H19NO2. The summed E-state index contributed by atoms with van der Waals surface area (Å²) in [5.74, 6) is 0. The fourth-order valence-corrected chi connectivity index (χ4v) is 1.78. The predicted molar refractivity (Wildman–Crippen MR) is 48.3 cm³/mol. The average Bonchev–Trinajstić information content (AvgIpc) is 2.04. The van der Waals surface area contributed by atoms with Crippen LogP contribution in [0.2, 0.25) is 0 Å². The number of rotatable bonds is 3. The summed E-state index contributed by atoms with van der Waals surface area (Å²) in [6.07, 6.45) is 2.15. The monoisotopic (exact) mass is 173 g/mol. The minimum absolute atomic E-state index is 0.0827. The minimum Gasteiger partial charge on any atom is -0.382 e. The van der Waals surface area contributed by atoms with Gasteiger partial charge in [-0.3, -0.25) is 0 Å². The molecule has 0 aromatic heterocycles. The Balaban J connectivity index is 2.43. The summed E-state index contributed by atoms with van der Waals surface area (Å²) in [7, 11) is 3.72. The lowest BCUT2D eigenvalue weighted by Gasteiger charge is -2.37. The summed E-state index contributed by atoms with van der Waals surface area (Å²) in [4.78, 5) is 0. The zero-order chi connectivity index (χ0) is 9.03. The van der Waals surface area contributed by atoms with Gasteiger partial charge < -0.3 is 14.8 Å². The van der Waals surface area contributed by atoms with E-state index in [1.807, 2.05) is 7.05 Å². The van der Waals surface area contributed by atoms with E-state index in [9.17, 15) is 0 Å². The zero-order valence-electron chi connectivity index (χ0n) is 8.22. The molecule has 0 aromatic carbocycles. The van der Waals surface area contributed by atoms with Gasteiger partial charge in [0.1, 0.15) is 0 Å². The Kier molecular flexibility index (Phi) is 3.50. The molecular weight excluding hydrogens is 154 g/mol. The summed E-state index contributed by atoms with van der Waals surface area (Å²) in [6, 6.07) is 0.582. The topological polar surface area (TPSA) is 30.5 Å². The fourth-order valence-electron chi connectivity index (χ4n) is 1.78. The Bertz CT molecular complexity index is 136. The van der Waals surface area contributed by atoms with E-state index in [0.717, 1.165) is 19.4 Å². The standard InChI is InChI=1S/C9H19NO2/c1-9(7-11-3)6-8(10-2)4-5-12-9/h8,10H,4-7H2,1-3H3. The van der Waals surface area contributed by atoms with Crippen molar-refractivity contribution in [3.05, 3.63) is 0 Å². The molecule has 0 spiro atoms. The molecule has 3 nitrogen and oxygen atoms in total. The molecule has 0 saturated carbocycles. The molecule has 1 fully saturated rings. The van der Waals surface area contributed by atoms with Gasteiger partial charge in [-0.1, -0.05) is 0 Å². The molecule has 1 rings (SSSR count). The second-order valence-electron chi connectivity index (χ2n) is 3.71. The molecule has 0 bridgehead atoms. The first kappa shape index (κ1) is 9.96. The van der Waals surface area contributed by atoms with Crippen LogP contribution in [0.15, 0.2) is 0 Å². The number of nitrogens with one attached hydrogen (secondary N) is 1. The molecule has 1 aliphatic heterocycles. The Morgan fingerprint density at radius 2 is 2.42 bits per heavy atom. The minimum atomic E-state index is -0.0827. The molecule has 12 heavy (non-hydrogen) atoms. The lowest BCUT2D eigenvalue weighted by molar-refractivity contribution is -0.111. The van der Waals surface area contributed by atoms with Gasteiger partial charge in [0.2, 0.25) is 0 Å². The van der Waals surface area contributed by atoms with E-state index in [0.29, 0.717) is 12.6 Å². The van der Waals surface area contributed by atoms with Crippen LogP contribution < -0.4 is 5.32 Å². The van der Waals surface area contributed by atoms with Crippen molar-refractivity contribution in [2.24, 2.45) is 0 Å². The Morgan fingerprint density at radius 1 is 1.67 bits per heavy atom. The Hall–Kier alpha value is -0.120. The number of hydrogen-bond acceptors (Lipinski definition) is 3. The molecule has 0 aliphatic carbocycles. The molecule has 2 atom stereocenters. The highest BCUT2D eigenvalue weighted by Gasteiger charge is 2.32. The van der Waals surface area contributed by atoms with Gasteiger partial charge in [0.25, 0.3) is 0 Å². The van der Waals surface area contributed by atoms with Crippen LogP contribution in [0.25, 0.3) is 0 Å². The van der Waals surface area contributed by atoms with E-state index in [4.69, 9.17) is 9.47 Å². The summed E-state index contributed by atoms with van der Waals surface area (Å²) in [5.41, 5.74) is -0.0827. The van der Waals surface area contributed by atoms with Gasteiger partial charge in [-0.05, 0) is 26.8 Å². The highest BCUT2D eigenvalue weighted by atomic mass is 16.5. The normalized spacial score (nSPS) is 36.8. The van der Waals surface area contributed by atoms with Crippen LogP contribution in [0.5, 0.6) is 0 Å². The highest BCUT2D eigenvalue weighted by Crippen LogP contribution is 2.24. The lowest BCUT2D eigenvalue weighted by Crippen LogP contribution is -2.46. The SMILES string of the molecule is CNC1CCOC(C)(COC)C1. The van der Waals surface area contributed by atoms with E-state index in [-0.39, 0.29) is 5.60 Å². The van der Waals surface area contributed by atoms with Crippen LogP contribution in [0.3, 0.4) is 0 Å². The van der Waals surface area contributed by atoms with Crippen LogP contribution in [0, 0.1) is 0 Å². The number of hydrogen-bond donors (Lipinski definition) is 1. The first-order valence-corrected chi connectivity index (χ1v) is 4.50. The summed E-state index contributed by atoms with van der Waals surface area (Å²) in [6.45, 7) is 3.64. The second kappa shape index (κ2) is 4.21. The van der Waals surface area contributed by atoms with Gasteiger partial charge in [-0.25, -0.2) is 0 Å². The van der Waals surface area contributed by atoms with Gasteiger partial charge in [-0.15, -0.1) is 0 Å². The maximum atomic E-state index is 5.67. The average molecular weight is 173 g/mol. The molecule has 1 N–H and O–H groups in total. The van der Waals surface area contributed by atoms with Crippen molar-refractivity contribution in [2.75, 3.05) is 27.4 Å². The van der Waals surface area contributed by atoms with Crippen molar-refractivity contribution < 1.29 is 9.47 Å². The summed E-state index contributed by atoms with van der Waals surface area (Å²) in [5, 5.41) is 3.28. The fraction of sp³-hybridized carbons (Fsp3) is 1.00. The third-order valence-corrected chi connectivity index (χ3v) is 2.45.